The molecule has 0 spiro atoms. The first-order valence-corrected chi connectivity index (χ1v) is 6.09. The predicted molar refractivity (Wildman–Crippen MR) is 68.5 cm³/mol. The lowest BCUT2D eigenvalue weighted by Gasteiger charge is -2.25. The van der Waals surface area contributed by atoms with Crippen molar-refractivity contribution < 1.29 is 19.1 Å². The van der Waals surface area contributed by atoms with Crippen molar-refractivity contribution in [1.29, 1.82) is 0 Å². The minimum absolute atomic E-state index is 0.163. The number of rotatable bonds is 3. The molecule has 96 valence electrons. The van der Waals surface area contributed by atoms with Crippen molar-refractivity contribution in [3.05, 3.63) is 28.2 Å². The van der Waals surface area contributed by atoms with Crippen molar-refractivity contribution >= 4 is 33.4 Å². The number of hydrogen-bond donors (Lipinski definition) is 1. The van der Waals surface area contributed by atoms with Gasteiger partial charge in [0, 0.05) is 29.8 Å². The molecule has 18 heavy (non-hydrogen) atoms. The molecular formula is C12H12BrNO4. The van der Waals surface area contributed by atoms with Crippen LogP contribution in [0.4, 0.5) is 5.69 Å². The number of hydrogen-bond acceptors (Lipinski definition) is 5. The molecule has 0 amide bonds. The fraction of sp³-hybridized carbons (Fsp3) is 0.333. The highest BCUT2D eigenvalue weighted by Crippen LogP contribution is 2.35. The lowest BCUT2D eigenvalue weighted by Crippen LogP contribution is -2.48. The first-order chi connectivity index (χ1) is 8.48. The summed E-state index contributed by atoms with van der Waals surface area (Å²) in [5, 5.41) is 2.96. The molecular weight excluding hydrogens is 302 g/mol. The van der Waals surface area contributed by atoms with Crippen LogP contribution in [0.3, 0.4) is 0 Å². The van der Waals surface area contributed by atoms with E-state index in [-0.39, 0.29) is 12.4 Å². The fourth-order valence-corrected chi connectivity index (χ4v) is 2.18. The summed E-state index contributed by atoms with van der Waals surface area (Å²) < 4.78 is 11.0. The second-order valence-corrected chi connectivity index (χ2v) is 4.87. The van der Waals surface area contributed by atoms with Crippen LogP contribution < -0.4 is 5.32 Å². The predicted octanol–water partition coefficient (Wildman–Crippen LogP) is 1.96. The summed E-state index contributed by atoms with van der Waals surface area (Å²) in [6, 6.07) is 5.25. The number of anilines is 1. The number of carbonyl (C=O) groups excluding carboxylic acids is 2. The number of esters is 1. The van der Waals surface area contributed by atoms with E-state index in [9.17, 15) is 9.59 Å². The van der Waals surface area contributed by atoms with Crippen molar-refractivity contribution in [3.8, 4) is 0 Å². The van der Waals surface area contributed by atoms with Gasteiger partial charge in [0.15, 0.2) is 0 Å². The van der Waals surface area contributed by atoms with Gasteiger partial charge in [-0.25, -0.2) is 0 Å². The lowest BCUT2D eigenvalue weighted by atomic mass is 10.1. The second-order valence-electron chi connectivity index (χ2n) is 3.96. The van der Waals surface area contributed by atoms with Crippen LogP contribution in [0.25, 0.3) is 0 Å². The van der Waals surface area contributed by atoms with E-state index >= 15 is 0 Å². The summed E-state index contributed by atoms with van der Waals surface area (Å²) in [6.45, 7) is 1.12. The van der Waals surface area contributed by atoms with E-state index in [2.05, 4.69) is 21.2 Å². The van der Waals surface area contributed by atoms with Crippen molar-refractivity contribution in [3.63, 3.8) is 0 Å². The number of methoxy groups -OCH3 is 1. The van der Waals surface area contributed by atoms with E-state index in [4.69, 9.17) is 9.47 Å². The number of Topliss-reactive ketones (excluding diaryl/α,β-unsaturated/α-hetero) is 1. The maximum atomic E-state index is 12.3. The molecule has 0 bridgehead atoms. The Balaban J connectivity index is 2.32. The minimum atomic E-state index is -1.32. The van der Waals surface area contributed by atoms with E-state index < -0.39 is 11.7 Å². The van der Waals surface area contributed by atoms with Gasteiger partial charge in [0.2, 0.25) is 11.5 Å². The normalized spacial score (nSPS) is 21.4. The number of fused-ring (bicyclic) bond motifs is 1. The Morgan fingerprint density at radius 3 is 2.83 bits per heavy atom. The Morgan fingerprint density at radius 1 is 1.50 bits per heavy atom. The summed E-state index contributed by atoms with van der Waals surface area (Å²) in [5.41, 5.74) is -0.148. The van der Waals surface area contributed by atoms with Crippen LogP contribution in [0.5, 0.6) is 0 Å². The van der Waals surface area contributed by atoms with Crippen LogP contribution in [-0.4, -0.2) is 31.2 Å². The molecule has 1 N–H and O–H groups in total. The van der Waals surface area contributed by atoms with Crippen LogP contribution in [-0.2, 0) is 14.3 Å². The van der Waals surface area contributed by atoms with Crippen LogP contribution in [0.2, 0.25) is 0 Å². The van der Waals surface area contributed by atoms with Crippen molar-refractivity contribution in [2.24, 2.45) is 0 Å². The zero-order valence-corrected chi connectivity index (χ0v) is 11.5. The molecule has 0 aliphatic carbocycles. The Bertz CT molecular complexity index is 517. The number of halogens is 1. The third-order valence-corrected chi connectivity index (χ3v) is 3.25. The van der Waals surface area contributed by atoms with Gasteiger partial charge in [-0.05, 0) is 18.2 Å². The molecule has 1 atom stereocenters. The quantitative estimate of drug-likeness (QED) is 0.864. The first kappa shape index (κ1) is 13.0. The average molecular weight is 314 g/mol. The van der Waals surface area contributed by atoms with Gasteiger partial charge in [0.25, 0.3) is 0 Å². The fourth-order valence-electron chi connectivity index (χ4n) is 1.82. The van der Waals surface area contributed by atoms with Crippen LogP contribution >= 0.6 is 15.9 Å². The standard InChI is InChI=1S/C12H12BrNO4/c1-7(15)18-6-12(17-2)11(16)9-4-3-8(13)5-10(9)14-12/h3-5,14H,6H2,1-2H3. The van der Waals surface area contributed by atoms with E-state index in [1.54, 1.807) is 18.2 Å². The van der Waals surface area contributed by atoms with Crippen molar-refractivity contribution in [2.75, 3.05) is 19.0 Å². The van der Waals surface area contributed by atoms with Gasteiger partial charge in [-0.15, -0.1) is 0 Å². The Kier molecular flexibility index (Phi) is 3.41. The van der Waals surface area contributed by atoms with Gasteiger partial charge in [-0.2, -0.15) is 0 Å². The van der Waals surface area contributed by atoms with Crippen molar-refractivity contribution in [2.45, 2.75) is 12.6 Å². The molecule has 6 heteroatoms. The summed E-state index contributed by atoms with van der Waals surface area (Å²) in [6.07, 6.45) is 0. The van der Waals surface area contributed by atoms with E-state index in [1.165, 1.54) is 14.0 Å². The molecule has 1 aromatic rings. The largest absolute Gasteiger partial charge is 0.460 e. The van der Waals surface area contributed by atoms with Crippen LogP contribution in [0, 0.1) is 0 Å². The average Bonchev–Trinajstić information content (AvgIpc) is 2.60. The van der Waals surface area contributed by atoms with Gasteiger partial charge in [0.1, 0.15) is 6.61 Å². The maximum absolute atomic E-state index is 12.3. The SMILES string of the molecule is COC1(COC(C)=O)Nc2cc(Br)ccc2C1=O. The molecule has 0 fully saturated rings. The third-order valence-electron chi connectivity index (χ3n) is 2.76. The monoisotopic (exact) mass is 313 g/mol. The highest BCUT2D eigenvalue weighted by molar-refractivity contribution is 9.10. The van der Waals surface area contributed by atoms with Gasteiger partial charge in [0.05, 0.1) is 0 Å². The molecule has 1 unspecified atom stereocenters. The number of carbonyl (C=O) groups is 2. The molecule has 5 nitrogen and oxygen atoms in total. The molecule has 0 saturated carbocycles. The summed E-state index contributed by atoms with van der Waals surface area (Å²) in [7, 11) is 1.40. The second kappa shape index (κ2) is 4.70. The molecule has 0 saturated heterocycles. The van der Waals surface area contributed by atoms with Gasteiger partial charge >= 0.3 is 5.97 Å². The zero-order valence-electron chi connectivity index (χ0n) is 9.95. The molecule has 1 aromatic carbocycles. The number of ether oxygens (including phenoxy) is 2. The highest BCUT2D eigenvalue weighted by atomic mass is 79.9. The Morgan fingerprint density at radius 2 is 2.22 bits per heavy atom. The number of benzene rings is 1. The van der Waals surface area contributed by atoms with Crippen LogP contribution in [0.1, 0.15) is 17.3 Å². The minimum Gasteiger partial charge on any atom is -0.460 e. The molecule has 2 rings (SSSR count). The Hall–Kier alpha value is -1.40. The molecule has 1 aliphatic rings. The van der Waals surface area contributed by atoms with Gasteiger partial charge < -0.3 is 14.8 Å². The van der Waals surface area contributed by atoms with Crippen LogP contribution in [0.15, 0.2) is 22.7 Å². The number of nitrogens with one attached hydrogen (secondary N) is 1. The topological polar surface area (TPSA) is 64.6 Å². The highest BCUT2D eigenvalue weighted by Gasteiger charge is 2.47. The molecule has 0 radical (unpaired) electrons. The first-order valence-electron chi connectivity index (χ1n) is 5.29. The van der Waals surface area contributed by atoms with E-state index in [1.807, 2.05) is 0 Å². The molecule has 1 heterocycles. The lowest BCUT2D eigenvalue weighted by molar-refractivity contribution is -0.146. The Labute approximate surface area is 113 Å². The van der Waals surface area contributed by atoms with E-state index in [0.29, 0.717) is 11.3 Å². The van der Waals surface area contributed by atoms with Gasteiger partial charge in [-0.1, -0.05) is 15.9 Å². The molecule has 0 aromatic heterocycles. The third kappa shape index (κ3) is 2.13. The summed E-state index contributed by atoms with van der Waals surface area (Å²) in [4.78, 5) is 23.1. The zero-order chi connectivity index (χ0) is 13.3. The van der Waals surface area contributed by atoms with Gasteiger partial charge in [-0.3, -0.25) is 9.59 Å². The molecule has 1 aliphatic heterocycles. The maximum Gasteiger partial charge on any atom is 0.302 e. The summed E-state index contributed by atoms with van der Waals surface area (Å²) in [5.74, 6) is -0.702. The smallest absolute Gasteiger partial charge is 0.302 e. The van der Waals surface area contributed by atoms with E-state index in [0.717, 1.165) is 4.47 Å². The van der Waals surface area contributed by atoms with Crippen molar-refractivity contribution in [1.82, 2.24) is 0 Å². The number of ketones is 1. The summed E-state index contributed by atoms with van der Waals surface area (Å²) >= 11 is 3.33.